The van der Waals surface area contributed by atoms with Gasteiger partial charge in [-0.2, -0.15) is 0 Å². The van der Waals surface area contributed by atoms with Gasteiger partial charge in [0.25, 0.3) is 0 Å². The van der Waals surface area contributed by atoms with Crippen molar-refractivity contribution in [3.63, 3.8) is 0 Å². The second-order valence-electron chi connectivity index (χ2n) is 6.64. The molecule has 0 amide bonds. The van der Waals surface area contributed by atoms with Crippen LogP contribution in [0.25, 0.3) is 0 Å². The maximum atomic E-state index is 10.5. The van der Waals surface area contributed by atoms with Gasteiger partial charge in [0.15, 0.2) is 0 Å². The predicted octanol–water partition coefficient (Wildman–Crippen LogP) is 4.07. The van der Waals surface area contributed by atoms with Crippen molar-refractivity contribution < 1.29 is 9.84 Å². The first kappa shape index (κ1) is 17.5. The molecule has 1 aromatic carbocycles. The molecule has 2 atom stereocenters. The summed E-state index contributed by atoms with van der Waals surface area (Å²) in [6.07, 6.45) is 7.21. The van der Waals surface area contributed by atoms with Crippen LogP contribution in [0.3, 0.4) is 0 Å². The molecule has 0 spiro atoms. The van der Waals surface area contributed by atoms with E-state index in [1.165, 1.54) is 6.42 Å². The van der Waals surface area contributed by atoms with Gasteiger partial charge in [-0.05, 0) is 36.5 Å². The van der Waals surface area contributed by atoms with E-state index < -0.39 is 6.10 Å². The minimum atomic E-state index is -0.493. The molecule has 126 valence electrons. The van der Waals surface area contributed by atoms with Crippen LogP contribution in [0, 0.1) is 11.8 Å². The maximum Gasteiger partial charge on any atom is 0.119 e. The predicted molar refractivity (Wildman–Crippen MR) is 92.4 cm³/mol. The van der Waals surface area contributed by atoms with Gasteiger partial charge >= 0.3 is 0 Å². The second kappa shape index (κ2) is 8.73. The highest BCUT2D eigenvalue weighted by Gasteiger charge is 2.16. The zero-order valence-corrected chi connectivity index (χ0v) is 14.4. The molecule has 2 unspecified atom stereocenters. The Kier molecular flexibility index (Phi) is 6.66. The van der Waals surface area contributed by atoms with E-state index in [0.29, 0.717) is 5.92 Å². The highest BCUT2D eigenvalue weighted by atomic mass is 16.5. The van der Waals surface area contributed by atoms with Gasteiger partial charge in [-0.3, -0.25) is 0 Å². The lowest BCUT2D eigenvalue weighted by atomic mass is 9.97. The Morgan fingerprint density at radius 3 is 2.52 bits per heavy atom. The molecule has 1 N–H and O–H groups in total. The van der Waals surface area contributed by atoms with Crippen molar-refractivity contribution in [1.82, 2.24) is 9.55 Å². The largest absolute Gasteiger partial charge is 0.494 e. The standard InChI is InChI=1S/C19H28N2O2/c1-15(2)5-4-12-23-18-8-6-17(7-9-18)19(22)16(3)13-21-11-10-20-14-21/h6-11,14-16,19,22H,4-5,12-13H2,1-3H3. The topological polar surface area (TPSA) is 47.3 Å². The van der Waals surface area contributed by atoms with Crippen LogP contribution in [-0.4, -0.2) is 21.3 Å². The van der Waals surface area contributed by atoms with Crippen molar-refractivity contribution in [1.29, 1.82) is 0 Å². The number of ether oxygens (including phenoxy) is 1. The highest BCUT2D eigenvalue weighted by molar-refractivity contribution is 5.28. The molecule has 0 aliphatic carbocycles. The van der Waals surface area contributed by atoms with Gasteiger partial charge in [0.2, 0.25) is 0 Å². The molecule has 0 fully saturated rings. The van der Waals surface area contributed by atoms with E-state index in [4.69, 9.17) is 4.74 Å². The number of benzene rings is 1. The maximum absolute atomic E-state index is 10.5. The summed E-state index contributed by atoms with van der Waals surface area (Å²) in [5.74, 6) is 1.70. The van der Waals surface area contributed by atoms with E-state index in [1.807, 2.05) is 42.0 Å². The lowest BCUT2D eigenvalue weighted by Gasteiger charge is -2.20. The molecule has 2 aromatic rings. The van der Waals surface area contributed by atoms with Gasteiger partial charge in [0.1, 0.15) is 5.75 Å². The normalized spacial score (nSPS) is 14.0. The minimum absolute atomic E-state index is 0.113. The number of aromatic nitrogens is 2. The van der Waals surface area contributed by atoms with Gasteiger partial charge < -0.3 is 14.4 Å². The first-order valence-electron chi connectivity index (χ1n) is 8.43. The Labute approximate surface area is 139 Å². The summed E-state index contributed by atoms with van der Waals surface area (Å²) >= 11 is 0. The Bertz CT molecular complexity index is 549. The zero-order chi connectivity index (χ0) is 16.7. The summed E-state index contributed by atoms with van der Waals surface area (Å²) in [7, 11) is 0. The number of aliphatic hydroxyl groups excluding tert-OH is 1. The molecule has 4 heteroatoms. The van der Waals surface area contributed by atoms with Crippen molar-refractivity contribution in [3.8, 4) is 5.75 Å². The van der Waals surface area contributed by atoms with Crippen LogP contribution in [0.2, 0.25) is 0 Å². The molecule has 0 bridgehead atoms. The molecule has 0 radical (unpaired) electrons. The lowest BCUT2D eigenvalue weighted by Crippen LogP contribution is -2.15. The number of nitrogens with zero attached hydrogens (tertiary/aromatic N) is 2. The summed E-state index contributed by atoms with van der Waals surface area (Å²) in [5.41, 5.74) is 0.923. The van der Waals surface area contributed by atoms with Crippen LogP contribution < -0.4 is 4.74 Å². The molecule has 0 saturated carbocycles. The first-order valence-corrected chi connectivity index (χ1v) is 8.43. The van der Waals surface area contributed by atoms with Gasteiger partial charge in [-0.25, -0.2) is 4.98 Å². The third kappa shape index (κ3) is 5.71. The number of hydrogen-bond donors (Lipinski definition) is 1. The first-order chi connectivity index (χ1) is 11.1. The molecule has 2 rings (SSSR count). The van der Waals surface area contributed by atoms with Gasteiger partial charge in [0.05, 0.1) is 19.0 Å². The van der Waals surface area contributed by atoms with E-state index in [2.05, 4.69) is 18.8 Å². The molecule has 1 heterocycles. The number of aliphatic hydroxyl groups is 1. The quantitative estimate of drug-likeness (QED) is 0.709. The second-order valence-corrected chi connectivity index (χ2v) is 6.64. The van der Waals surface area contributed by atoms with Crippen LogP contribution in [0.4, 0.5) is 0 Å². The minimum Gasteiger partial charge on any atom is -0.494 e. The smallest absolute Gasteiger partial charge is 0.119 e. The average molecular weight is 316 g/mol. The Morgan fingerprint density at radius 2 is 1.91 bits per heavy atom. The molecule has 0 aliphatic rings. The average Bonchev–Trinajstić information content (AvgIpc) is 3.04. The van der Waals surface area contributed by atoms with Crippen LogP contribution in [0.5, 0.6) is 5.75 Å². The van der Waals surface area contributed by atoms with Crippen molar-refractivity contribution in [2.75, 3.05) is 6.61 Å². The van der Waals surface area contributed by atoms with Crippen molar-refractivity contribution in [3.05, 3.63) is 48.5 Å². The van der Waals surface area contributed by atoms with Crippen molar-refractivity contribution in [2.45, 2.75) is 46.3 Å². The summed E-state index contributed by atoms with van der Waals surface area (Å²) in [4.78, 5) is 4.03. The van der Waals surface area contributed by atoms with Gasteiger partial charge in [-0.15, -0.1) is 0 Å². The van der Waals surface area contributed by atoms with Gasteiger partial charge in [-0.1, -0.05) is 32.9 Å². The highest BCUT2D eigenvalue weighted by Crippen LogP contribution is 2.25. The molecule has 0 saturated heterocycles. The molecule has 23 heavy (non-hydrogen) atoms. The van der Waals surface area contributed by atoms with Crippen molar-refractivity contribution >= 4 is 0 Å². The summed E-state index contributed by atoms with van der Waals surface area (Å²) in [6, 6.07) is 7.79. The monoisotopic (exact) mass is 316 g/mol. The third-order valence-electron chi connectivity index (χ3n) is 4.01. The fourth-order valence-corrected chi connectivity index (χ4v) is 2.60. The summed E-state index contributed by atoms with van der Waals surface area (Å²) < 4.78 is 7.73. The van der Waals surface area contributed by atoms with E-state index >= 15 is 0 Å². The van der Waals surface area contributed by atoms with E-state index in [1.54, 1.807) is 12.5 Å². The Balaban J connectivity index is 1.83. The molecule has 1 aromatic heterocycles. The van der Waals surface area contributed by atoms with E-state index in [-0.39, 0.29) is 5.92 Å². The number of imidazole rings is 1. The Hall–Kier alpha value is -1.81. The molecule has 0 aliphatic heterocycles. The zero-order valence-electron chi connectivity index (χ0n) is 14.4. The summed E-state index contributed by atoms with van der Waals surface area (Å²) in [6.45, 7) is 7.98. The fraction of sp³-hybridized carbons (Fsp3) is 0.526. The molecular formula is C19H28N2O2. The van der Waals surface area contributed by atoms with Crippen LogP contribution >= 0.6 is 0 Å². The molecule has 4 nitrogen and oxygen atoms in total. The SMILES string of the molecule is CC(C)CCCOc1ccc(C(O)C(C)Cn2ccnc2)cc1. The molecular weight excluding hydrogens is 288 g/mol. The third-order valence-corrected chi connectivity index (χ3v) is 4.01. The van der Waals surface area contributed by atoms with Crippen LogP contribution in [-0.2, 0) is 6.54 Å². The van der Waals surface area contributed by atoms with Crippen LogP contribution in [0.1, 0.15) is 45.3 Å². The number of hydrogen-bond acceptors (Lipinski definition) is 3. The van der Waals surface area contributed by atoms with Crippen molar-refractivity contribution in [2.24, 2.45) is 11.8 Å². The summed E-state index contributed by atoms with van der Waals surface area (Å²) in [5, 5.41) is 10.5. The number of rotatable bonds is 9. The van der Waals surface area contributed by atoms with Crippen LogP contribution in [0.15, 0.2) is 43.0 Å². The van der Waals surface area contributed by atoms with Gasteiger partial charge in [0, 0.05) is 24.9 Å². The van der Waals surface area contributed by atoms with E-state index in [0.717, 1.165) is 30.9 Å². The van der Waals surface area contributed by atoms with E-state index in [9.17, 15) is 5.11 Å². The fourth-order valence-electron chi connectivity index (χ4n) is 2.60. The Morgan fingerprint density at radius 1 is 1.17 bits per heavy atom. The lowest BCUT2D eigenvalue weighted by molar-refractivity contribution is 0.107.